The fourth-order valence-corrected chi connectivity index (χ4v) is 1.60. The van der Waals surface area contributed by atoms with E-state index in [-0.39, 0.29) is 0 Å². The topological polar surface area (TPSA) is 60.9 Å². The smallest absolute Gasteiger partial charge is 0.122 e. The first kappa shape index (κ1) is 14.2. The quantitative estimate of drug-likeness (QED) is 0.695. The summed E-state index contributed by atoms with van der Waals surface area (Å²) in [7, 11) is 3.40. The van der Waals surface area contributed by atoms with E-state index in [9.17, 15) is 0 Å². The van der Waals surface area contributed by atoms with E-state index >= 15 is 0 Å². The number of furan rings is 1. The third-order valence-electron chi connectivity index (χ3n) is 2.65. The van der Waals surface area contributed by atoms with Crippen LogP contribution >= 0.6 is 0 Å². The standard InChI is InChI=1S/C12H22N2O3/c1-15-7-4-14(5-8-16-2)10-12-11(9-13)3-6-17-12/h3,6H,4-5,7-10,13H2,1-2H3. The van der Waals surface area contributed by atoms with Crippen LogP contribution in [0.5, 0.6) is 0 Å². The fourth-order valence-electron chi connectivity index (χ4n) is 1.60. The maximum absolute atomic E-state index is 5.64. The highest BCUT2D eigenvalue weighted by molar-refractivity contribution is 5.16. The SMILES string of the molecule is COCCN(CCOC)Cc1occc1CN. The molecular formula is C12H22N2O3. The molecule has 5 heteroatoms. The molecule has 2 N–H and O–H groups in total. The lowest BCUT2D eigenvalue weighted by Crippen LogP contribution is -2.30. The zero-order chi connectivity index (χ0) is 12.5. The molecule has 0 aliphatic rings. The zero-order valence-corrected chi connectivity index (χ0v) is 10.6. The second-order valence-electron chi connectivity index (χ2n) is 3.83. The van der Waals surface area contributed by atoms with Gasteiger partial charge in [-0.1, -0.05) is 0 Å². The number of hydrogen-bond donors (Lipinski definition) is 1. The lowest BCUT2D eigenvalue weighted by Gasteiger charge is -2.20. The van der Waals surface area contributed by atoms with Crippen LogP contribution in [-0.2, 0) is 22.6 Å². The molecule has 0 amide bonds. The Labute approximate surface area is 102 Å². The summed E-state index contributed by atoms with van der Waals surface area (Å²) < 4.78 is 15.6. The molecule has 0 saturated carbocycles. The van der Waals surface area contributed by atoms with Gasteiger partial charge in [-0.25, -0.2) is 0 Å². The summed E-state index contributed by atoms with van der Waals surface area (Å²) >= 11 is 0. The third kappa shape index (κ3) is 4.87. The molecule has 0 aromatic carbocycles. The van der Waals surface area contributed by atoms with Crippen LogP contribution in [0.2, 0.25) is 0 Å². The third-order valence-corrected chi connectivity index (χ3v) is 2.65. The van der Waals surface area contributed by atoms with Crippen molar-refractivity contribution in [3.63, 3.8) is 0 Å². The van der Waals surface area contributed by atoms with Gasteiger partial charge in [-0.05, 0) is 6.07 Å². The molecule has 0 unspecified atom stereocenters. The van der Waals surface area contributed by atoms with Crippen molar-refractivity contribution in [1.29, 1.82) is 0 Å². The Morgan fingerprint density at radius 1 is 1.24 bits per heavy atom. The summed E-state index contributed by atoms with van der Waals surface area (Å²) in [6.45, 7) is 4.35. The molecule has 0 saturated heterocycles. The molecule has 0 aliphatic heterocycles. The Bertz CT molecular complexity index is 294. The van der Waals surface area contributed by atoms with E-state index in [0.29, 0.717) is 19.8 Å². The minimum Gasteiger partial charge on any atom is -0.468 e. The number of hydrogen-bond acceptors (Lipinski definition) is 5. The molecule has 1 aromatic heterocycles. The molecule has 0 aliphatic carbocycles. The van der Waals surface area contributed by atoms with Crippen LogP contribution in [0.3, 0.4) is 0 Å². The van der Waals surface area contributed by atoms with Gasteiger partial charge in [0.15, 0.2) is 0 Å². The van der Waals surface area contributed by atoms with Gasteiger partial charge in [0.05, 0.1) is 26.0 Å². The van der Waals surface area contributed by atoms with Crippen molar-refractivity contribution in [3.05, 3.63) is 23.7 Å². The summed E-state index contributed by atoms with van der Waals surface area (Å²) in [5.74, 6) is 0.930. The van der Waals surface area contributed by atoms with Crippen LogP contribution in [0.1, 0.15) is 11.3 Å². The molecule has 1 aromatic rings. The van der Waals surface area contributed by atoms with Crippen molar-refractivity contribution in [2.45, 2.75) is 13.1 Å². The highest BCUT2D eigenvalue weighted by Crippen LogP contribution is 2.12. The fraction of sp³-hybridized carbons (Fsp3) is 0.667. The molecular weight excluding hydrogens is 220 g/mol. The Hall–Kier alpha value is -0.880. The van der Waals surface area contributed by atoms with Crippen molar-refractivity contribution < 1.29 is 13.9 Å². The maximum atomic E-state index is 5.64. The Morgan fingerprint density at radius 2 is 1.88 bits per heavy atom. The van der Waals surface area contributed by atoms with Crippen molar-refractivity contribution >= 4 is 0 Å². The van der Waals surface area contributed by atoms with Gasteiger partial charge in [0.1, 0.15) is 5.76 Å². The van der Waals surface area contributed by atoms with Gasteiger partial charge < -0.3 is 19.6 Å². The van der Waals surface area contributed by atoms with Crippen LogP contribution in [0.15, 0.2) is 16.7 Å². The van der Waals surface area contributed by atoms with Crippen LogP contribution in [-0.4, -0.2) is 45.4 Å². The molecule has 17 heavy (non-hydrogen) atoms. The van der Waals surface area contributed by atoms with E-state index in [4.69, 9.17) is 19.6 Å². The normalized spacial score (nSPS) is 11.3. The van der Waals surface area contributed by atoms with Crippen molar-refractivity contribution in [1.82, 2.24) is 4.90 Å². The molecule has 5 nitrogen and oxygen atoms in total. The molecule has 0 spiro atoms. The van der Waals surface area contributed by atoms with E-state index in [1.54, 1.807) is 20.5 Å². The second kappa shape index (κ2) is 8.25. The van der Waals surface area contributed by atoms with E-state index in [1.165, 1.54) is 0 Å². The predicted octanol–water partition coefficient (Wildman–Crippen LogP) is 0.833. The molecule has 0 atom stereocenters. The molecule has 98 valence electrons. The van der Waals surface area contributed by atoms with Gasteiger partial charge >= 0.3 is 0 Å². The Morgan fingerprint density at radius 3 is 2.41 bits per heavy atom. The zero-order valence-electron chi connectivity index (χ0n) is 10.6. The van der Waals surface area contributed by atoms with E-state index < -0.39 is 0 Å². The summed E-state index contributed by atoms with van der Waals surface area (Å²) in [6.07, 6.45) is 1.68. The number of rotatable bonds is 9. The summed E-state index contributed by atoms with van der Waals surface area (Å²) in [5.41, 5.74) is 6.70. The number of methoxy groups -OCH3 is 2. The minimum absolute atomic E-state index is 0.508. The van der Waals surface area contributed by atoms with Crippen molar-refractivity contribution in [3.8, 4) is 0 Å². The van der Waals surface area contributed by atoms with Crippen LogP contribution in [0.4, 0.5) is 0 Å². The monoisotopic (exact) mass is 242 g/mol. The lowest BCUT2D eigenvalue weighted by molar-refractivity contribution is 0.106. The Balaban J connectivity index is 2.51. The highest BCUT2D eigenvalue weighted by atomic mass is 16.5. The molecule has 0 fully saturated rings. The van der Waals surface area contributed by atoms with Gasteiger partial charge in [-0.2, -0.15) is 0 Å². The van der Waals surface area contributed by atoms with E-state index in [2.05, 4.69) is 4.90 Å². The van der Waals surface area contributed by atoms with E-state index in [0.717, 1.165) is 31.0 Å². The Kier molecular flexibility index (Phi) is 6.88. The summed E-state index contributed by atoms with van der Waals surface area (Å²) in [5, 5.41) is 0. The molecule has 1 rings (SSSR count). The van der Waals surface area contributed by atoms with Gasteiger partial charge in [-0.3, -0.25) is 4.90 Å². The molecule has 1 heterocycles. The van der Waals surface area contributed by atoms with Gasteiger partial charge in [-0.15, -0.1) is 0 Å². The number of nitrogens with two attached hydrogens (primary N) is 1. The second-order valence-corrected chi connectivity index (χ2v) is 3.83. The van der Waals surface area contributed by atoms with Gasteiger partial charge in [0.25, 0.3) is 0 Å². The van der Waals surface area contributed by atoms with Crippen LogP contribution < -0.4 is 5.73 Å². The van der Waals surface area contributed by atoms with Crippen molar-refractivity contribution in [2.24, 2.45) is 5.73 Å². The van der Waals surface area contributed by atoms with Crippen molar-refractivity contribution in [2.75, 3.05) is 40.5 Å². The number of nitrogens with zero attached hydrogens (tertiary/aromatic N) is 1. The first-order chi connectivity index (χ1) is 8.31. The van der Waals surface area contributed by atoms with Gasteiger partial charge in [0, 0.05) is 39.4 Å². The average Bonchev–Trinajstić information content (AvgIpc) is 2.79. The average molecular weight is 242 g/mol. The first-order valence-corrected chi connectivity index (χ1v) is 5.77. The molecule has 0 bridgehead atoms. The maximum Gasteiger partial charge on any atom is 0.122 e. The summed E-state index contributed by atoms with van der Waals surface area (Å²) in [4.78, 5) is 2.23. The van der Waals surface area contributed by atoms with Gasteiger partial charge in [0.2, 0.25) is 0 Å². The predicted molar refractivity (Wildman–Crippen MR) is 65.6 cm³/mol. The largest absolute Gasteiger partial charge is 0.468 e. The van der Waals surface area contributed by atoms with Crippen LogP contribution in [0, 0.1) is 0 Å². The van der Waals surface area contributed by atoms with E-state index in [1.807, 2.05) is 6.07 Å². The minimum atomic E-state index is 0.508. The lowest BCUT2D eigenvalue weighted by atomic mass is 10.2. The molecule has 0 radical (unpaired) electrons. The first-order valence-electron chi connectivity index (χ1n) is 5.77. The van der Waals surface area contributed by atoms with Crippen LogP contribution in [0.25, 0.3) is 0 Å². The highest BCUT2D eigenvalue weighted by Gasteiger charge is 2.11. The number of ether oxygens (including phenoxy) is 2. The summed E-state index contributed by atoms with van der Waals surface area (Å²) in [6, 6.07) is 1.92.